The van der Waals surface area contributed by atoms with Crippen molar-refractivity contribution in [3.8, 4) is 0 Å². The molecule has 0 heterocycles. The van der Waals surface area contributed by atoms with Gasteiger partial charge in [0, 0.05) is 6.55 Å². The van der Waals surface area contributed by atoms with E-state index in [0.29, 0.717) is 19.8 Å². The van der Waals surface area contributed by atoms with Crippen LogP contribution < -0.4 is 0 Å². The quantitative estimate of drug-likeness (QED) is 0.337. The molecule has 0 aromatic carbocycles. The maximum Gasteiger partial charge on any atom is 0.581 e. The highest BCUT2D eigenvalue weighted by molar-refractivity contribution is 6.58. The highest BCUT2D eigenvalue weighted by Crippen LogP contribution is 2.10. The molecule has 0 unspecified atom stereocenters. The molecular weight excluding hydrogens is 208 g/mol. The van der Waals surface area contributed by atoms with Gasteiger partial charge in [-0.05, 0) is 20.8 Å². The SMILES string of the molecule is CCOO[Si](C)(OOCC)OOCC. The number of hydrogen-bond donors (Lipinski definition) is 0. The summed E-state index contributed by atoms with van der Waals surface area (Å²) in [6, 6.07) is 0. The third-order valence-corrected chi connectivity index (χ3v) is 2.25. The first-order chi connectivity index (χ1) is 6.68. The Balaban J connectivity index is 3.89. The van der Waals surface area contributed by atoms with Gasteiger partial charge in [-0.25, -0.2) is 28.4 Å². The Hall–Kier alpha value is -0.0231. The zero-order chi connectivity index (χ0) is 10.9. The summed E-state index contributed by atoms with van der Waals surface area (Å²) in [4.78, 5) is 14.2. The Bertz CT molecular complexity index is 112. The lowest BCUT2D eigenvalue weighted by Crippen LogP contribution is -2.42. The van der Waals surface area contributed by atoms with Crippen LogP contribution in [0.25, 0.3) is 0 Å². The fraction of sp³-hybridized carbons (Fsp3) is 1.00. The van der Waals surface area contributed by atoms with E-state index in [1.54, 1.807) is 27.3 Å². The average Bonchev–Trinajstić information content (AvgIpc) is 2.21. The van der Waals surface area contributed by atoms with Crippen LogP contribution in [0.3, 0.4) is 0 Å². The van der Waals surface area contributed by atoms with Gasteiger partial charge in [-0.3, -0.25) is 0 Å². The lowest BCUT2D eigenvalue weighted by atomic mass is 10.9. The van der Waals surface area contributed by atoms with Crippen molar-refractivity contribution in [2.45, 2.75) is 27.3 Å². The van der Waals surface area contributed by atoms with Crippen molar-refractivity contribution >= 4 is 8.80 Å². The molecular formula is C7H18O6Si. The summed E-state index contributed by atoms with van der Waals surface area (Å²) in [5, 5.41) is 0. The molecule has 0 fully saturated rings. The van der Waals surface area contributed by atoms with Gasteiger partial charge in [0.15, 0.2) is 0 Å². The number of hydrogen-bond acceptors (Lipinski definition) is 6. The molecule has 0 aliphatic carbocycles. The maximum atomic E-state index is 4.93. The van der Waals surface area contributed by atoms with E-state index in [1.165, 1.54) is 0 Å². The van der Waals surface area contributed by atoms with Gasteiger partial charge in [0.2, 0.25) is 0 Å². The van der Waals surface area contributed by atoms with Crippen LogP contribution in [0, 0.1) is 0 Å². The molecule has 0 saturated heterocycles. The van der Waals surface area contributed by atoms with Gasteiger partial charge < -0.3 is 0 Å². The Kier molecular flexibility index (Phi) is 8.29. The molecule has 0 radical (unpaired) electrons. The molecule has 0 aliphatic rings. The zero-order valence-electron chi connectivity index (χ0n) is 9.07. The third kappa shape index (κ3) is 6.43. The Morgan fingerprint density at radius 3 is 1.21 bits per heavy atom. The van der Waals surface area contributed by atoms with E-state index in [0.717, 1.165) is 0 Å². The highest BCUT2D eigenvalue weighted by atomic mass is 28.4. The summed E-state index contributed by atoms with van der Waals surface area (Å²) in [6.45, 7) is 8.16. The monoisotopic (exact) mass is 226 g/mol. The molecule has 0 aromatic rings. The average molecular weight is 226 g/mol. The lowest BCUT2D eigenvalue weighted by molar-refractivity contribution is -0.358. The molecule has 0 rings (SSSR count). The van der Waals surface area contributed by atoms with Gasteiger partial charge in [-0.2, -0.15) is 0 Å². The fourth-order valence-corrected chi connectivity index (χ4v) is 1.62. The van der Waals surface area contributed by atoms with Gasteiger partial charge in [0.25, 0.3) is 0 Å². The molecule has 0 N–H and O–H groups in total. The first kappa shape index (κ1) is 14.0. The van der Waals surface area contributed by atoms with Crippen molar-refractivity contribution in [3.05, 3.63) is 0 Å². The van der Waals surface area contributed by atoms with E-state index in [9.17, 15) is 0 Å². The summed E-state index contributed by atoms with van der Waals surface area (Å²) >= 11 is 0. The zero-order valence-corrected chi connectivity index (χ0v) is 10.1. The fourth-order valence-electron chi connectivity index (χ4n) is 0.540. The summed E-state index contributed by atoms with van der Waals surface area (Å²) < 4.78 is 14.8. The van der Waals surface area contributed by atoms with E-state index in [4.69, 9.17) is 28.4 Å². The molecule has 14 heavy (non-hydrogen) atoms. The Morgan fingerprint density at radius 2 is 1.00 bits per heavy atom. The Labute approximate surface area is 85.1 Å². The standard InChI is InChI=1S/C7H18O6Si/c1-5-8-11-14(4,12-9-6-2)13-10-7-3/h5-7H2,1-4H3. The van der Waals surface area contributed by atoms with E-state index >= 15 is 0 Å². The smallest absolute Gasteiger partial charge is 0.243 e. The minimum atomic E-state index is -2.98. The van der Waals surface area contributed by atoms with Crippen molar-refractivity contribution in [2.75, 3.05) is 19.8 Å². The van der Waals surface area contributed by atoms with Gasteiger partial charge >= 0.3 is 8.80 Å². The van der Waals surface area contributed by atoms with E-state index in [1.807, 2.05) is 0 Å². The highest BCUT2D eigenvalue weighted by Gasteiger charge is 2.40. The lowest BCUT2D eigenvalue weighted by Gasteiger charge is -2.21. The first-order valence-corrected chi connectivity index (χ1v) is 6.82. The Morgan fingerprint density at radius 1 is 0.714 bits per heavy atom. The summed E-state index contributed by atoms with van der Waals surface area (Å²) in [7, 11) is -2.98. The predicted octanol–water partition coefficient (Wildman–Crippen LogP) is 1.46. The molecule has 0 amide bonds. The predicted molar refractivity (Wildman–Crippen MR) is 49.8 cm³/mol. The molecule has 0 aliphatic heterocycles. The minimum absolute atomic E-state index is 0.396. The normalized spacial score (nSPS) is 12.0. The molecule has 0 saturated carbocycles. The van der Waals surface area contributed by atoms with Crippen LogP contribution in [0.2, 0.25) is 6.55 Å². The maximum absolute atomic E-state index is 4.93. The summed E-state index contributed by atoms with van der Waals surface area (Å²) in [5.74, 6) is 0. The largest absolute Gasteiger partial charge is 0.581 e. The molecule has 0 aromatic heterocycles. The van der Waals surface area contributed by atoms with Crippen LogP contribution in [0.4, 0.5) is 0 Å². The third-order valence-electron chi connectivity index (χ3n) is 0.984. The molecule has 86 valence electrons. The van der Waals surface area contributed by atoms with E-state index in [-0.39, 0.29) is 0 Å². The van der Waals surface area contributed by atoms with Gasteiger partial charge in [-0.1, -0.05) is 0 Å². The van der Waals surface area contributed by atoms with Crippen molar-refractivity contribution in [3.63, 3.8) is 0 Å². The van der Waals surface area contributed by atoms with E-state index < -0.39 is 8.80 Å². The second-order valence-electron chi connectivity index (χ2n) is 2.33. The van der Waals surface area contributed by atoms with Crippen molar-refractivity contribution < 1.29 is 28.4 Å². The van der Waals surface area contributed by atoms with Gasteiger partial charge in [-0.15, -0.1) is 0 Å². The van der Waals surface area contributed by atoms with Crippen molar-refractivity contribution in [1.82, 2.24) is 0 Å². The minimum Gasteiger partial charge on any atom is -0.243 e. The van der Waals surface area contributed by atoms with Crippen LogP contribution in [0.5, 0.6) is 0 Å². The summed E-state index contributed by atoms with van der Waals surface area (Å²) in [5.41, 5.74) is 0. The molecule has 6 nitrogen and oxygen atoms in total. The second kappa shape index (κ2) is 8.30. The molecule has 0 bridgehead atoms. The van der Waals surface area contributed by atoms with Gasteiger partial charge in [0.05, 0.1) is 19.8 Å². The molecule has 0 spiro atoms. The summed E-state index contributed by atoms with van der Waals surface area (Å²) in [6.07, 6.45) is 0. The van der Waals surface area contributed by atoms with Crippen LogP contribution in [-0.2, 0) is 28.4 Å². The van der Waals surface area contributed by atoms with Gasteiger partial charge in [0.1, 0.15) is 0 Å². The van der Waals surface area contributed by atoms with Crippen LogP contribution in [0.1, 0.15) is 20.8 Å². The van der Waals surface area contributed by atoms with E-state index in [2.05, 4.69) is 0 Å². The van der Waals surface area contributed by atoms with Crippen LogP contribution >= 0.6 is 0 Å². The second-order valence-corrected chi connectivity index (χ2v) is 4.56. The molecule has 7 heteroatoms. The first-order valence-electron chi connectivity index (χ1n) is 4.60. The van der Waals surface area contributed by atoms with Crippen LogP contribution in [0.15, 0.2) is 0 Å². The van der Waals surface area contributed by atoms with Crippen molar-refractivity contribution in [1.29, 1.82) is 0 Å². The number of rotatable bonds is 9. The topological polar surface area (TPSA) is 55.4 Å². The van der Waals surface area contributed by atoms with Crippen LogP contribution in [-0.4, -0.2) is 28.6 Å². The van der Waals surface area contributed by atoms with Crippen molar-refractivity contribution in [2.24, 2.45) is 0 Å². The molecule has 0 atom stereocenters.